The number of benzene rings is 1. The molecule has 0 radical (unpaired) electrons. The molecule has 0 spiro atoms. The van der Waals surface area contributed by atoms with Gasteiger partial charge in [0.25, 0.3) is 0 Å². The molecule has 0 fully saturated rings. The van der Waals surface area contributed by atoms with Crippen LogP contribution in [-0.2, 0) is 0 Å². The van der Waals surface area contributed by atoms with Gasteiger partial charge in [-0.3, -0.25) is 4.98 Å². The van der Waals surface area contributed by atoms with E-state index in [9.17, 15) is 0 Å². The van der Waals surface area contributed by atoms with Crippen molar-refractivity contribution in [1.82, 2.24) is 15.0 Å². The summed E-state index contributed by atoms with van der Waals surface area (Å²) >= 11 is 6.46. The summed E-state index contributed by atoms with van der Waals surface area (Å²) in [5.41, 5.74) is 2.76. The third-order valence-electron chi connectivity index (χ3n) is 3.45. The first-order valence-corrected chi connectivity index (χ1v) is 8.00. The number of fused-ring (bicyclic) bond motifs is 1. The Morgan fingerprint density at radius 2 is 1.83 bits per heavy atom. The number of ether oxygens (including phenoxy) is 2. The Kier molecular flexibility index (Phi) is 4.53. The Morgan fingerprint density at radius 3 is 2.50 bits per heavy atom. The monoisotopic (exact) mass is 343 g/mol. The fraction of sp³-hybridized carbons (Fsp3) is 0.278. The first-order valence-electron chi connectivity index (χ1n) is 7.62. The predicted molar refractivity (Wildman–Crippen MR) is 94.8 cm³/mol. The van der Waals surface area contributed by atoms with Crippen LogP contribution in [0.1, 0.15) is 19.5 Å². The summed E-state index contributed by atoms with van der Waals surface area (Å²) in [5.74, 6) is 1.28. The molecule has 0 bridgehead atoms. The maximum atomic E-state index is 6.46. The van der Waals surface area contributed by atoms with Crippen LogP contribution in [0.3, 0.4) is 0 Å². The average molecular weight is 344 g/mol. The van der Waals surface area contributed by atoms with Gasteiger partial charge in [-0.2, -0.15) is 0 Å². The van der Waals surface area contributed by atoms with E-state index in [4.69, 9.17) is 21.1 Å². The van der Waals surface area contributed by atoms with Gasteiger partial charge in [0, 0.05) is 17.6 Å². The molecular formula is C18H18ClN3O2. The number of pyridine rings is 1. The van der Waals surface area contributed by atoms with Gasteiger partial charge >= 0.3 is 0 Å². The highest BCUT2D eigenvalue weighted by molar-refractivity contribution is 6.36. The highest BCUT2D eigenvalue weighted by atomic mass is 35.5. The third kappa shape index (κ3) is 3.12. The van der Waals surface area contributed by atoms with Crippen molar-refractivity contribution in [3.05, 3.63) is 41.3 Å². The largest absolute Gasteiger partial charge is 0.495 e. The van der Waals surface area contributed by atoms with Crippen LogP contribution in [0.25, 0.3) is 22.3 Å². The van der Waals surface area contributed by atoms with E-state index >= 15 is 0 Å². The Morgan fingerprint density at radius 1 is 1.04 bits per heavy atom. The molecule has 2 aromatic heterocycles. The Hall–Kier alpha value is -2.40. The van der Waals surface area contributed by atoms with Crippen LogP contribution < -0.4 is 9.47 Å². The lowest BCUT2D eigenvalue weighted by Gasteiger charge is -2.15. The number of hydrogen-bond acceptors (Lipinski definition) is 5. The second-order valence-electron chi connectivity index (χ2n) is 5.70. The maximum Gasteiger partial charge on any atom is 0.139 e. The normalized spacial score (nSPS) is 11.1. The molecule has 0 aliphatic heterocycles. The van der Waals surface area contributed by atoms with Crippen molar-refractivity contribution in [2.45, 2.75) is 26.9 Å². The van der Waals surface area contributed by atoms with Gasteiger partial charge in [0.05, 0.1) is 36.3 Å². The van der Waals surface area contributed by atoms with Crippen LogP contribution in [0.5, 0.6) is 11.5 Å². The molecule has 24 heavy (non-hydrogen) atoms. The van der Waals surface area contributed by atoms with Crippen molar-refractivity contribution in [1.29, 1.82) is 0 Å². The fourth-order valence-electron chi connectivity index (χ4n) is 2.44. The summed E-state index contributed by atoms with van der Waals surface area (Å²) in [4.78, 5) is 13.3. The Labute approximate surface area is 145 Å². The van der Waals surface area contributed by atoms with Crippen LogP contribution in [0, 0.1) is 6.92 Å². The van der Waals surface area contributed by atoms with Gasteiger partial charge in [0.1, 0.15) is 22.2 Å². The van der Waals surface area contributed by atoms with Crippen molar-refractivity contribution < 1.29 is 9.47 Å². The molecule has 0 saturated carbocycles. The second kappa shape index (κ2) is 6.61. The number of nitrogens with zero attached hydrogens (tertiary/aromatic N) is 3. The van der Waals surface area contributed by atoms with Gasteiger partial charge in [-0.25, -0.2) is 9.97 Å². The van der Waals surface area contributed by atoms with Gasteiger partial charge in [-0.15, -0.1) is 0 Å². The van der Waals surface area contributed by atoms with Crippen molar-refractivity contribution >= 4 is 22.5 Å². The van der Waals surface area contributed by atoms with E-state index in [1.807, 2.05) is 39.0 Å². The molecule has 3 rings (SSSR count). The van der Waals surface area contributed by atoms with Gasteiger partial charge < -0.3 is 9.47 Å². The highest BCUT2D eigenvalue weighted by Crippen LogP contribution is 2.38. The van der Waals surface area contributed by atoms with Gasteiger partial charge in [0.2, 0.25) is 0 Å². The van der Waals surface area contributed by atoms with E-state index in [1.165, 1.54) is 0 Å². The molecule has 0 unspecified atom stereocenters. The van der Waals surface area contributed by atoms with Gasteiger partial charge in [0.15, 0.2) is 0 Å². The summed E-state index contributed by atoms with van der Waals surface area (Å²) in [6.07, 6.45) is 3.40. The minimum absolute atomic E-state index is 0.0212. The lowest BCUT2D eigenvalue weighted by Crippen LogP contribution is -2.07. The molecule has 0 N–H and O–H groups in total. The molecule has 0 saturated heterocycles. The molecule has 0 aliphatic carbocycles. The van der Waals surface area contributed by atoms with E-state index in [1.54, 1.807) is 19.5 Å². The zero-order valence-corrected chi connectivity index (χ0v) is 14.8. The molecule has 2 heterocycles. The zero-order valence-electron chi connectivity index (χ0n) is 14.0. The smallest absolute Gasteiger partial charge is 0.139 e. The Balaban J connectivity index is 2.29. The first kappa shape index (κ1) is 16.5. The van der Waals surface area contributed by atoms with Crippen LogP contribution in [0.4, 0.5) is 0 Å². The predicted octanol–water partition coefficient (Wildman–Crippen LogP) is 4.45. The lowest BCUT2D eigenvalue weighted by atomic mass is 10.1. The molecule has 124 valence electrons. The summed E-state index contributed by atoms with van der Waals surface area (Å²) in [6, 6.07) is 5.58. The molecular weight excluding hydrogens is 326 g/mol. The number of rotatable bonds is 4. The maximum absolute atomic E-state index is 6.46. The number of methoxy groups -OCH3 is 1. The first-order chi connectivity index (χ1) is 11.5. The van der Waals surface area contributed by atoms with E-state index in [0.29, 0.717) is 33.4 Å². The molecule has 5 nitrogen and oxygen atoms in total. The number of hydrogen-bond donors (Lipinski definition) is 0. The summed E-state index contributed by atoms with van der Waals surface area (Å²) < 4.78 is 11.3. The zero-order chi connectivity index (χ0) is 17.3. The van der Waals surface area contributed by atoms with E-state index in [0.717, 1.165) is 11.1 Å². The third-order valence-corrected chi connectivity index (χ3v) is 3.81. The average Bonchev–Trinajstić information content (AvgIpc) is 2.55. The molecule has 0 atom stereocenters. The van der Waals surface area contributed by atoms with Crippen molar-refractivity contribution in [3.8, 4) is 22.9 Å². The standard InChI is InChI=1S/C18H18ClN3O2/c1-10(2)24-16-7-13(14-9-20-8-11(3)21-14)22-18-12(16)5-6-15(23-4)17(18)19/h5-10H,1-4H3. The fourth-order valence-corrected chi connectivity index (χ4v) is 2.72. The quantitative estimate of drug-likeness (QED) is 0.700. The highest BCUT2D eigenvalue weighted by Gasteiger charge is 2.16. The van der Waals surface area contributed by atoms with E-state index in [-0.39, 0.29) is 6.10 Å². The number of aromatic nitrogens is 3. The van der Waals surface area contributed by atoms with Gasteiger partial charge in [-0.1, -0.05) is 11.6 Å². The van der Waals surface area contributed by atoms with Crippen LogP contribution in [0.2, 0.25) is 5.02 Å². The molecule has 3 aromatic rings. The summed E-state index contributed by atoms with van der Waals surface area (Å²) in [6.45, 7) is 5.84. The molecule has 0 aliphatic rings. The molecule has 0 amide bonds. The summed E-state index contributed by atoms with van der Waals surface area (Å²) in [7, 11) is 1.58. The van der Waals surface area contributed by atoms with Gasteiger partial charge in [-0.05, 0) is 32.9 Å². The minimum atomic E-state index is 0.0212. The van der Waals surface area contributed by atoms with Crippen LogP contribution in [-0.4, -0.2) is 28.2 Å². The molecule has 6 heteroatoms. The van der Waals surface area contributed by atoms with Crippen LogP contribution >= 0.6 is 11.6 Å². The van der Waals surface area contributed by atoms with Crippen molar-refractivity contribution in [2.24, 2.45) is 0 Å². The van der Waals surface area contributed by atoms with Crippen molar-refractivity contribution in [2.75, 3.05) is 7.11 Å². The topological polar surface area (TPSA) is 57.1 Å². The molecule has 1 aromatic carbocycles. The number of halogens is 1. The second-order valence-corrected chi connectivity index (χ2v) is 6.07. The SMILES string of the molecule is COc1ccc2c(OC(C)C)cc(-c3cncc(C)n3)nc2c1Cl. The van der Waals surface area contributed by atoms with Crippen molar-refractivity contribution in [3.63, 3.8) is 0 Å². The number of aryl methyl sites for hydroxylation is 1. The minimum Gasteiger partial charge on any atom is -0.495 e. The van der Waals surface area contributed by atoms with E-state index < -0.39 is 0 Å². The Bertz CT molecular complexity index is 897. The lowest BCUT2D eigenvalue weighted by molar-refractivity contribution is 0.245. The van der Waals surface area contributed by atoms with E-state index in [2.05, 4.69) is 15.0 Å². The van der Waals surface area contributed by atoms with Crippen LogP contribution in [0.15, 0.2) is 30.6 Å². The summed E-state index contributed by atoms with van der Waals surface area (Å²) in [5, 5.41) is 1.28.